The third kappa shape index (κ3) is 5.90. The molecule has 0 saturated carbocycles. The topological polar surface area (TPSA) is 58.2 Å². The number of carbonyl (C=O) groups excluding carboxylic acids is 2. The maximum atomic E-state index is 13.2. The molecule has 0 radical (unpaired) electrons. The second-order valence-electron chi connectivity index (χ2n) is 7.56. The van der Waals surface area contributed by atoms with Gasteiger partial charge in [-0.05, 0) is 54.4 Å². The van der Waals surface area contributed by atoms with Crippen LogP contribution in [0, 0.1) is 6.92 Å². The molecule has 2 N–H and O–H groups in total. The van der Waals surface area contributed by atoms with Crippen molar-refractivity contribution in [2.45, 2.75) is 17.1 Å². The molecule has 33 heavy (non-hydrogen) atoms. The van der Waals surface area contributed by atoms with Crippen LogP contribution in [0.25, 0.3) is 0 Å². The summed E-state index contributed by atoms with van der Waals surface area (Å²) in [7, 11) is 0. The molecular formula is C28H24N2O2S. The number of rotatable bonds is 7. The number of thioether (sulfide) groups is 1. The molecule has 164 valence electrons. The van der Waals surface area contributed by atoms with Crippen molar-refractivity contribution in [2.75, 3.05) is 10.6 Å². The number of para-hydroxylation sites is 1. The molecule has 0 aromatic heterocycles. The highest BCUT2D eigenvalue weighted by molar-refractivity contribution is 8.00. The minimum atomic E-state index is -0.450. The van der Waals surface area contributed by atoms with E-state index in [9.17, 15) is 9.59 Å². The molecule has 0 aliphatic heterocycles. The van der Waals surface area contributed by atoms with Crippen LogP contribution < -0.4 is 10.6 Å². The van der Waals surface area contributed by atoms with Crippen LogP contribution in [0.15, 0.2) is 114 Å². The van der Waals surface area contributed by atoms with E-state index in [0.29, 0.717) is 11.3 Å². The Bertz CT molecular complexity index is 1240. The van der Waals surface area contributed by atoms with Gasteiger partial charge in [-0.25, -0.2) is 0 Å². The quantitative estimate of drug-likeness (QED) is 0.306. The van der Waals surface area contributed by atoms with Crippen LogP contribution >= 0.6 is 11.8 Å². The van der Waals surface area contributed by atoms with E-state index in [2.05, 4.69) is 10.6 Å². The highest BCUT2D eigenvalue weighted by atomic mass is 32.2. The Balaban J connectivity index is 1.54. The molecule has 0 bridgehead atoms. The maximum absolute atomic E-state index is 13.2. The van der Waals surface area contributed by atoms with E-state index in [4.69, 9.17) is 0 Å². The largest absolute Gasteiger partial charge is 0.325 e. The Morgan fingerprint density at radius 3 is 2.06 bits per heavy atom. The van der Waals surface area contributed by atoms with Crippen LogP contribution in [-0.2, 0) is 4.79 Å². The summed E-state index contributed by atoms with van der Waals surface area (Å²) in [6.07, 6.45) is 0. The van der Waals surface area contributed by atoms with E-state index in [1.807, 2.05) is 116 Å². The van der Waals surface area contributed by atoms with Crippen molar-refractivity contribution in [1.29, 1.82) is 0 Å². The monoisotopic (exact) mass is 452 g/mol. The van der Waals surface area contributed by atoms with Crippen LogP contribution in [0.4, 0.5) is 11.4 Å². The van der Waals surface area contributed by atoms with Gasteiger partial charge in [-0.15, -0.1) is 11.8 Å². The van der Waals surface area contributed by atoms with Crippen LogP contribution in [0.1, 0.15) is 26.7 Å². The molecule has 4 aromatic carbocycles. The molecule has 4 rings (SSSR count). The van der Waals surface area contributed by atoms with E-state index in [1.54, 1.807) is 0 Å². The molecule has 4 aromatic rings. The number of nitrogens with one attached hydrogen (secondary N) is 2. The van der Waals surface area contributed by atoms with E-state index in [-0.39, 0.29) is 11.8 Å². The molecule has 0 aliphatic carbocycles. The highest BCUT2D eigenvalue weighted by Crippen LogP contribution is 2.37. The van der Waals surface area contributed by atoms with Gasteiger partial charge in [0.25, 0.3) is 5.91 Å². The van der Waals surface area contributed by atoms with Gasteiger partial charge in [0.05, 0.1) is 0 Å². The van der Waals surface area contributed by atoms with Crippen molar-refractivity contribution in [3.8, 4) is 0 Å². The Kier molecular flexibility index (Phi) is 7.22. The van der Waals surface area contributed by atoms with Crippen molar-refractivity contribution in [1.82, 2.24) is 0 Å². The summed E-state index contributed by atoms with van der Waals surface area (Å²) in [6, 6.07) is 34.2. The summed E-state index contributed by atoms with van der Waals surface area (Å²) < 4.78 is 0. The van der Waals surface area contributed by atoms with Crippen molar-refractivity contribution < 1.29 is 9.59 Å². The van der Waals surface area contributed by atoms with Crippen molar-refractivity contribution in [3.05, 3.63) is 126 Å². The number of amides is 2. The van der Waals surface area contributed by atoms with Gasteiger partial charge in [-0.1, -0.05) is 72.8 Å². The third-order valence-corrected chi connectivity index (χ3v) is 6.37. The number of aryl methyl sites for hydroxylation is 1. The van der Waals surface area contributed by atoms with Gasteiger partial charge in [-0.3, -0.25) is 9.59 Å². The summed E-state index contributed by atoms with van der Waals surface area (Å²) in [6.45, 7) is 1.91. The SMILES string of the molecule is Cc1ccccc1C(=O)Nc1cccc(SC(C(=O)Nc2ccccc2)c2ccccc2)c1. The molecule has 2 amide bonds. The Morgan fingerprint density at radius 2 is 1.33 bits per heavy atom. The van der Waals surface area contributed by atoms with Gasteiger partial charge in [0.15, 0.2) is 0 Å². The fraction of sp³-hybridized carbons (Fsp3) is 0.0714. The zero-order valence-electron chi connectivity index (χ0n) is 18.2. The zero-order chi connectivity index (χ0) is 23.0. The van der Waals surface area contributed by atoms with Crippen molar-refractivity contribution in [2.24, 2.45) is 0 Å². The standard InChI is InChI=1S/C28H24N2O2S/c1-20-11-8-9-18-25(20)27(31)30-23-16-10-17-24(19-23)33-26(21-12-4-2-5-13-21)28(32)29-22-14-6-3-7-15-22/h2-19,26H,1H3,(H,29,32)(H,30,31). The first-order valence-electron chi connectivity index (χ1n) is 10.6. The van der Waals surface area contributed by atoms with E-state index in [1.165, 1.54) is 11.8 Å². The Labute approximate surface area is 198 Å². The van der Waals surface area contributed by atoms with E-state index < -0.39 is 5.25 Å². The molecule has 1 atom stereocenters. The average molecular weight is 453 g/mol. The molecule has 5 heteroatoms. The first-order chi connectivity index (χ1) is 16.1. The summed E-state index contributed by atoms with van der Waals surface area (Å²) in [4.78, 5) is 26.8. The van der Waals surface area contributed by atoms with Gasteiger partial charge in [0, 0.05) is 21.8 Å². The molecule has 4 nitrogen and oxygen atoms in total. The molecule has 0 spiro atoms. The lowest BCUT2D eigenvalue weighted by atomic mass is 10.1. The van der Waals surface area contributed by atoms with Gasteiger partial charge >= 0.3 is 0 Å². The summed E-state index contributed by atoms with van der Waals surface area (Å²) in [5, 5.41) is 5.52. The predicted octanol–water partition coefficient (Wildman–Crippen LogP) is 6.72. The van der Waals surface area contributed by atoms with Crippen LogP contribution in [0.5, 0.6) is 0 Å². The fourth-order valence-electron chi connectivity index (χ4n) is 3.44. The normalized spacial score (nSPS) is 11.4. The molecular weight excluding hydrogens is 428 g/mol. The summed E-state index contributed by atoms with van der Waals surface area (Å²) in [5.74, 6) is -0.261. The number of benzene rings is 4. The molecule has 0 heterocycles. The second kappa shape index (κ2) is 10.7. The highest BCUT2D eigenvalue weighted by Gasteiger charge is 2.22. The molecule has 0 fully saturated rings. The number of anilines is 2. The smallest absolute Gasteiger partial charge is 0.255 e. The Hall–Kier alpha value is -3.83. The van der Waals surface area contributed by atoms with Gasteiger partial charge < -0.3 is 10.6 Å². The van der Waals surface area contributed by atoms with Crippen LogP contribution in [-0.4, -0.2) is 11.8 Å². The Morgan fingerprint density at radius 1 is 0.697 bits per heavy atom. The van der Waals surface area contributed by atoms with Crippen molar-refractivity contribution >= 4 is 35.0 Å². The molecule has 0 aliphatic rings. The molecule has 1 unspecified atom stereocenters. The van der Waals surface area contributed by atoms with Crippen LogP contribution in [0.3, 0.4) is 0 Å². The zero-order valence-corrected chi connectivity index (χ0v) is 19.0. The summed E-state index contributed by atoms with van der Waals surface area (Å²) >= 11 is 1.45. The lowest BCUT2D eigenvalue weighted by Gasteiger charge is -2.18. The van der Waals surface area contributed by atoms with Gasteiger partial charge in [0.1, 0.15) is 5.25 Å². The van der Waals surface area contributed by atoms with Gasteiger partial charge in [0.2, 0.25) is 5.91 Å². The lowest BCUT2D eigenvalue weighted by molar-refractivity contribution is -0.115. The summed E-state index contributed by atoms with van der Waals surface area (Å²) in [5.41, 5.74) is 3.90. The number of carbonyl (C=O) groups is 2. The maximum Gasteiger partial charge on any atom is 0.255 e. The minimum Gasteiger partial charge on any atom is -0.325 e. The number of hydrogen-bond donors (Lipinski definition) is 2. The van der Waals surface area contributed by atoms with E-state index >= 15 is 0 Å². The fourth-order valence-corrected chi connectivity index (χ4v) is 4.52. The average Bonchev–Trinajstić information content (AvgIpc) is 2.84. The number of hydrogen-bond acceptors (Lipinski definition) is 3. The van der Waals surface area contributed by atoms with Gasteiger partial charge in [-0.2, -0.15) is 0 Å². The first kappa shape index (κ1) is 22.4. The second-order valence-corrected chi connectivity index (χ2v) is 8.74. The first-order valence-corrected chi connectivity index (χ1v) is 11.5. The van der Waals surface area contributed by atoms with E-state index in [0.717, 1.165) is 21.7 Å². The lowest BCUT2D eigenvalue weighted by Crippen LogP contribution is -2.19. The predicted molar refractivity (Wildman–Crippen MR) is 136 cm³/mol. The third-order valence-electron chi connectivity index (χ3n) is 5.12. The van der Waals surface area contributed by atoms with Crippen LogP contribution in [0.2, 0.25) is 0 Å². The van der Waals surface area contributed by atoms with Crippen molar-refractivity contribution in [3.63, 3.8) is 0 Å². The minimum absolute atomic E-state index is 0.105. The molecule has 0 saturated heterocycles.